The summed E-state index contributed by atoms with van der Waals surface area (Å²) in [7, 11) is 0. The van der Waals surface area contributed by atoms with Crippen LogP contribution in [0.3, 0.4) is 0 Å². The van der Waals surface area contributed by atoms with Crippen LogP contribution in [-0.2, 0) is 5.41 Å². The van der Waals surface area contributed by atoms with E-state index in [9.17, 15) is 0 Å². The van der Waals surface area contributed by atoms with Crippen LogP contribution >= 0.6 is 0 Å². The van der Waals surface area contributed by atoms with Crippen molar-refractivity contribution in [2.24, 2.45) is 0 Å². The quantitative estimate of drug-likeness (QED) is 0.240. The van der Waals surface area contributed by atoms with Gasteiger partial charge in [0.15, 0.2) is 0 Å². The Labute approximate surface area is 213 Å². The van der Waals surface area contributed by atoms with Crippen LogP contribution in [-0.4, -0.2) is 0 Å². The lowest BCUT2D eigenvalue weighted by molar-refractivity contribution is 0.767. The molecule has 0 fully saturated rings. The van der Waals surface area contributed by atoms with Crippen molar-refractivity contribution in [3.63, 3.8) is 0 Å². The standard InChI is InChI=1S/C36H28/c1-4-29-30(5-2)35-31-22-21-25(3)23-33(31)36(27-17-11-7-12-18-27,28-19-13-8-14-20-28)34(35)24-32(29)26-15-9-6-10-16-26/h4-24H,1-2H2,3H3. The van der Waals surface area contributed by atoms with E-state index in [2.05, 4.69) is 135 Å². The van der Waals surface area contributed by atoms with Crippen LogP contribution in [0.25, 0.3) is 34.4 Å². The number of aryl methyl sites for hydroxylation is 1. The molecule has 0 bridgehead atoms. The van der Waals surface area contributed by atoms with Gasteiger partial charge in [0.1, 0.15) is 0 Å². The highest BCUT2D eigenvalue weighted by molar-refractivity contribution is 5.97. The molecule has 0 radical (unpaired) electrons. The van der Waals surface area contributed by atoms with Gasteiger partial charge in [0, 0.05) is 0 Å². The van der Waals surface area contributed by atoms with E-state index in [0.29, 0.717) is 0 Å². The Morgan fingerprint density at radius 3 is 1.67 bits per heavy atom. The van der Waals surface area contributed by atoms with Gasteiger partial charge in [-0.15, -0.1) is 0 Å². The van der Waals surface area contributed by atoms with Gasteiger partial charge < -0.3 is 0 Å². The summed E-state index contributed by atoms with van der Waals surface area (Å²) in [4.78, 5) is 0. The molecule has 5 aromatic carbocycles. The average Bonchev–Trinajstić information content (AvgIpc) is 3.23. The third-order valence-electron chi connectivity index (χ3n) is 7.57. The fourth-order valence-electron chi connectivity index (χ4n) is 6.09. The Kier molecular flexibility index (Phi) is 5.31. The molecular weight excluding hydrogens is 432 g/mol. The summed E-state index contributed by atoms with van der Waals surface area (Å²) < 4.78 is 0. The van der Waals surface area contributed by atoms with Crippen LogP contribution in [0.1, 0.15) is 38.9 Å². The summed E-state index contributed by atoms with van der Waals surface area (Å²) in [5.41, 5.74) is 13.1. The van der Waals surface area contributed by atoms with Gasteiger partial charge >= 0.3 is 0 Å². The van der Waals surface area contributed by atoms with Crippen molar-refractivity contribution in [1.82, 2.24) is 0 Å². The van der Waals surface area contributed by atoms with Gasteiger partial charge in [-0.25, -0.2) is 0 Å². The Morgan fingerprint density at radius 1 is 0.556 bits per heavy atom. The number of benzene rings is 5. The van der Waals surface area contributed by atoms with Crippen LogP contribution in [0, 0.1) is 6.92 Å². The third-order valence-corrected chi connectivity index (χ3v) is 7.57. The van der Waals surface area contributed by atoms with E-state index in [1.54, 1.807) is 0 Å². The number of rotatable bonds is 5. The Bertz CT molecular complexity index is 1550. The minimum atomic E-state index is -0.444. The van der Waals surface area contributed by atoms with Gasteiger partial charge in [-0.2, -0.15) is 0 Å². The minimum Gasteiger partial charge on any atom is -0.0984 e. The van der Waals surface area contributed by atoms with Crippen molar-refractivity contribution in [3.8, 4) is 22.3 Å². The van der Waals surface area contributed by atoms with Gasteiger partial charge in [0.2, 0.25) is 0 Å². The molecule has 0 spiro atoms. The smallest absolute Gasteiger partial charge is 0.0714 e. The summed E-state index contributed by atoms with van der Waals surface area (Å²) >= 11 is 0. The maximum atomic E-state index is 4.29. The third kappa shape index (κ3) is 3.08. The second-order valence-corrected chi connectivity index (χ2v) is 9.48. The molecule has 0 nitrogen and oxygen atoms in total. The molecule has 0 heterocycles. The van der Waals surface area contributed by atoms with E-state index < -0.39 is 5.41 Å². The summed E-state index contributed by atoms with van der Waals surface area (Å²) in [5, 5.41) is 0. The van der Waals surface area contributed by atoms with Crippen molar-refractivity contribution >= 4 is 12.2 Å². The Hall–Kier alpha value is -4.42. The lowest BCUT2D eigenvalue weighted by Crippen LogP contribution is -2.28. The molecule has 0 saturated heterocycles. The SMILES string of the molecule is C=Cc1c(-c2ccccc2)cc2c(c1C=C)-c1ccc(C)cc1C2(c1ccccc1)c1ccccc1. The molecule has 5 aromatic rings. The van der Waals surface area contributed by atoms with Crippen LogP contribution in [0.4, 0.5) is 0 Å². The van der Waals surface area contributed by atoms with Crippen LogP contribution in [0.5, 0.6) is 0 Å². The van der Waals surface area contributed by atoms with Gasteiger partial charge in [-0.1, -0.05) is 140 Å². The minimum absolute atomic E-state index is 0.444. The predicted octanol–water partition coefficient (Wildman–Crippen LogP) is 9.31. The Morgan fingerprint density at radius 2 is 1.11 bits per heavy atom. The second-order valence-electron chi connectivity index (χ2n) is 9.48. The van der Waals surface area contributed by atoms with Crippen LogP contribution < -0.4 is 0 Å². The molecule has 0 amide bonds. The zero-order chi connectivity index (χ0) is 24.7. The highest BCUT2D eigenvalue weighted by atomic mass is 14.5. The summed E-state index contributed by atoms with van der Waals surface area (Å²) in [5.74, 6) is 0. The second kappa shape index (κ2) is 8.66. The van der Waals surface area contributed by atoms with E-state index in [1.165, 1.54) is 50.1 Å². The van der Waals surface area contributed by atoms with Gasteiger partial charge in [-0.3, -0.25) is 0 Å². The normalized spacial score (nSPS) is 13.0. The number of hydrogen-bond donors (Lipinski definition) is 0. The Balaban J connectivity index is 1.86. The maximum absolute atomic E-state index is 4.29. The lowest BCUT2D eigenvalue weighted by Gasteiger charge is -2.34. The van der Waals surface area contributed by atoms with E-state index >= 15 is 0 Å². The predicted molar refractivity (Wildman–Crippen MR) is 154 cm³/mol. The molecule has 1 aliphatic rings. The van der Waals surface area contributed by atoms with Gasteiger partial charge in [0.25, 0.3) is 0 Å². The van der Waals surface area contributed by atoms with E-state index in [4.69, 9.17) is 0 Å². The van der Waals surface area contributed by atoms with E-state index in [0.717, 1.165) is 11.1 Å². The molecule has 172 valence electrons. The number of hydrogen-bond acceptors (Lipinski definition) is 0. The van der Waals surface area contributed by atoms with E-state index in [-0.39, 0.29) is 0 Å². The zero-order valence-corrected chi connectivity index (χ0v) is 20.5. The van der Waals surface area contributed by atoms with Crippen molar-refractivity contribution in [1.29, 1.82) is 0 Å². The monoisotopic (exact) mass is 460 g/mol. The number of fused-ring (bicyclic) bond motifs is 3. The van der Waals surface area contributed by atoms with Gasteiger partial charge in [-0.05, 0) is 68.6 Å². The molecule has 6 rings (SSSR count). The van der Waals surface area contributed by atoms with Gasteiger partial charge in [0.05, 0.1) is 5.41 Å². The zero-order valence-electron chi connectivity index (χ0n) is 20.5. The van der Waals surface area contributed by atoms with Crippen LogP contribution in [0.2, 0.25) is 0 Å². The van der Waals surface area contributed by atoms with Crippen molar-refractivity contribution < 1.29 is 0 Å². The molecule has 36 heavy (non-hydrogen) atoms. The average molecular weight is 461 g/mol. The highest BCUT2D eigenvalue weighted by Gasteiger charge is 2.47. The maximum Gasteiger partial charge on any atom is 0.0714 e. The largest absolute Gasteiger partial charge is 0.0984 e. The van der Waals surface area contributed by atoms with Crippen molar-refractivity contribution in [3.05, 3.63) is 167 Å². The van der Waals surface area contributed by atoms with Crippen molar-refractivity contribution in [2.75, 3.05) is 0 Å². The molecule has 0 aromatic heterocycles. The van der Waals surface area contributed by atoms with Crippen LogP contribution in [0.15, 0.2) is 128 Å². The molecular formula is C36H28. The highest BCUT2D eigenvalue weighted by Crippen LogP contribution is 2.58. The molecule has 0 atom stereocenters. The summed E-state index contributed by atoms with van der Waals surface area (Å²) in [6.45, 7) is 10.7. The summed E-state index contributed by atoms with van der Waals surface area (Å²) in [6.07, 6.45) is 4.00. The molecule has 0 heteroatoms. The van der Waals surface area contributed by atoms with Crippen molar-refractivity contribution in [2.45, 2.75) is 12.3 Å². The fourth-order valence-corrected chi connectivity index (χ4v) is 6.09. The molecule has 1 aliphatic carbocycles. The first-order valence-electron chi connectivity index (χ1n) is 12.4. The molecule has 0 aliphatic heterocycles. The molecule has 0 N–H and O–H groups in total. The first kappa shape index (κ1) is 22.1. The molecule has 0 saturated carbocycles. The molecule has 0 unspecified atom stereocenters. The van der Waals surface area contributed by atoms with E-state index in [1.807, 2.05) is 12.2 Å². The first-order chi connectivity index (χ1) is 17.7. The fraction of sp³-hybridized carbons (Fsp3) is 0.0556. The lowest BCUT2D eigenvalue weighted by atomic mass is 9.67. The first-order valence-corrected chi connectivity index (χ1v) is 12.4. The topological polar surface area (TPSA) is 0 Å². The summed E-state index contributed by atoms with van der Waals surface area (Å²) in [6, 6.07) is 41.8.